The van der Waals surface area contributed by atoms with E-state index in [4.69, 9.17) is 138 Å². The molecule has 20 nitrogen and oxygen atoms in total. The van der Waals surface area contributed by atoms with Crippen LogP contribution in [0.15, 0.2) is 267 Å². The Balaban J connectivity index is 0.000000151. The van der Waals surface area contributed by atoms with Gasteiger partial charge in [0, 0.05) is 60.9 Å². The number of rotatable bonds is 20. The number of nitrogens with zero attached hydrogens (tertiary/aromatic N) is 8. The Morgan fingerprint density at radius 3 is 1.29 bits per heavy atom. The van der Waals surface area contributed by atoms with Crippen LogP contribution in [0, 0.1) is 71.5 Å². The number of halogens is 11. The molecule has 16 aromatic rings. The lowest BCUT2D eigenvalue weighted by molar-refractivity contribution is -0.387. The van der Waals surface area contributed by atoms with Gasteiger partial charge in [-0.2, -0.15) is 4.39 Å². The van der Waals surface area contributed by atoms with Gasteiger partial charge in [0.15, 0.2) is 5.78 Å². The SMILES string of the molecule is Cc1ccccc1CNc1cc(Cl)ccc1N.Cc1ccccc1CNc1cc(Cl)ccc1[N+](=O)[O-].Cc1ccccc1Cn1c(=N)n(CC(=O)c2ccc(Cl)c(Cl)c2)c2ccc(Cl)cc21.Cc1ccccc1Cn1c(=N)n(CC(O)c2ccc(Cl)c(Cl)c2)c2ccc(Cl)cc21.Cc1ccccc1Cn1c(N)nc2ccc(Cl)cc21.O=[N+]([O-])c1ccc(Cl)cc1F. The summed E-state index contributed by atoms with van der Waals surface area (Å²) in [7, 11) is 0. The van der Waals surface area contributed by atoms with E-state index in [1.807, 2.05) is 167 Å². The third kappa shape index (κ3) is 24.7. The number of hydrogen-bond donors (Lipinski definition) is 7. The zero-order valence-electron chi connectivity index (χ0n) is 68.3. The van der Waals surface area contributed by atoms with Crippen LogP contribution in [0.2, 0.25) is 50.2 Å². The molecule has 13 aromatic carbocycles. The molecule has 0 saturated carbocycles. The second-order valence-electron chi connectivity index (χ2n) is 29.1. The topological polar surface area (TPSA) is 285 Å². The summed E-state index contributed by atoms with van der Waals surface area (Å²) in [5, 5.41) is 60.5. The molecule has 646 valence electrons. The summed E-state index contributed by atoms with van der Waals surface area (Å²) in [5.74, 6) is -0.556. The van der Waals surface area contributed by atoms with Crippen LogP contribution in [-0.2, 0) is 45.8 Å². The minimum atomic E-state index is -0.914. The molecule has 0 amide bonds. The number of nitrogens with one attached hydrogen (secondary N) is 4. The van der Waals surface area contributed by atoms with Crippen molar-refractivity contribution in [3.05, 3.63) is 421 Å². The van der Waals surface area contributed by atoms with Crippen molar-refractivity contribution in [3.63, 3.8) is 0 Å². The molecule has 126 heavy (non-hydrogen) atoms. The van der Waals surface area contributed by atoms with Gasteiger partial charge in [-0.15, -0.1) is 0 Å². The second kappa shape index (κ2) is 44.0. The monoisotopic (exact) mass is 1880 g/mol. The number of carbonyl (C=O) groups excluding carboxylic acids is 1. The van der Waals surface area contributed by atoms with Crippen molar-refractivity contribution in [2.75, 3.05) is 22.1 Å². The molecule has 16 rings (SSSR count). The molecule has 0 aliphatic heterocycles. The summed E-state index contributed by atoms with van der Waals surface area (Å²) in [4.78, 5) is 37.1. The summed E-state index contributed by atoms with van der Waals surface area (Å²) in [5.41, 5.74) is 31.8. The fourth-order valence-corrected chi connectivity index (χ4v) is 15.1. The highest BCUT2D eigenvalue weighted by Crippen LogP contribution is 2.33. The van der Waals surface area contributed by atoms with Crippen LogP contribution in [0.4, 0.5) is 38.8 Å². The number of aryl methyl sites for hydroxylation is 5. The van der Waals surface area contributed by atoms with Crippen LogP contribution >= 0.6 is 116 Å². The van der Waals surface area contributed by atoms with Crippen LogP contribution in [-0.4, -0.2) is 48.6 Å². The normalized spacial score (nSPS) is 11.1. The maximum atomic E-state index is 12.9. The predicted molar refractivity (Wildman–Crippen MR) is 513 cm³/mol. The first-order chi connectivity index (χ1) is 60.2. The molecule has 9 N–H and O–H groups in total. The third-order valence-corrected chi connectivity index (χ3v) is 23.4. The van der Waals surface area contributed by atoms with Gasteiger partial charge in [0.1, 0.15) is 5.69 Å². The quantitative estimate of drug-likeness (QED) is 0.0163. The molecule has 0 saturated heterocycles. The molecule has 3 heterocycles. The maximum absolute atomic E-state index is 12.9. The highest BCUT2D eigenvalue weighted by atomic mass is 35.5. The Labute approximate surface area is 775 Å². The van der Waals surface area contributed by atoms with Gasteiger partial charge in [0.05, 0.1) is 113 Å². The Kier molecular flexibility index (Phi) is 33.2. The summed E-state index contributed by atoms with van der Waals surface area (Å²) in [6.07, 6.45) is -0.845. The maximum Gasteiger partial charge on any atom is 0.304 e. The van der Waals surface area contributed by atoms with Crippen LogP contribution in [0.25, 0.3) is 33.1 Å². The fraction of sp³-hybridized carbons (Fsp3) is 0.137. The zero-order chi connectivity index (χ0) is 90.7. The average molecular weight is 1890 g/mol. The third-order valence-electron chi connectivity index (χ3n) is 20.5. The Hall–Kier alpha value is -11.7. The first kappa shape index (κ1) is 95.0. The fourth-order valence-electron chi connectivity index (χ4n) is 13.5. The van der Waals surface area contributed by atoms with Crippen molar-refractivity contribution >= 4 is 189 Å². The van der Waals surface area contributed by atoms with E-state index in [2.05, 4.69) is 72.8 Å². The van der Waals surface area contributed by atoms with E-state index in [0.29, 0.717) is 99.8 Å². The number of benzene rings is 13. The highest BCUT2D eigenvalue weighted by molar-refractivity contribution is 6.42. The number of aliphatic hydroxyl groups excluding tert-OH is 1. The molecule has 3 aromatic heterocycles. The number of nitro groups is 2. The van der Waals surface area contributed by atoms with Crippen LogP contribution in [0.5, 0.6) is 0 Å². The van der Waals surface area contributed by atoms with Gasteiger partial charge < -0.3 is 50.0 Å². The van der Waals surface area contributed by atoms with Crippen LogP contribution in [0.1, 0.15) is 77.7 Å². The minimum absolute atomic E-state index is 0.00962. The lowest BCUT2D eigenvalue weighted by Crippen LogP contribution is -2.27. The lowest BCUT2D eigenvalue weighted by Gasteiger charge is -2.13. The number of nitrogens with two attached hydrogens (primary N) is 2. The van der Waals surface area contributed by atoms with Gasteiger partial charge in [0.2, 0.25) is 23.0 Å². The molecule has 0 aliphatic carbocycles. The molecular formula is C95H83Cl10FN14O6. The molecular weight excluding hydrogens is 1810 g/mol. The van der Waals surface area contributed by atoms with Crippen molar-refractivity contribution in [2.24, 2.45) is 0 Å². The van der Waals surface area contributed by atoms with Crippen LogP contribution in [0.3, 0.4) is 0 Å². The van der Waals surface area contributed by atoms with Crippen molar-refractivity contribution in [1.82, 2.24) is 27.8 Å². The van der Waals surface area contributed by atoms with Gasteiger partial charge in [-0.3, -0.25) is 35.8 Å². The first-order valence-corrected chi connectivity index (χ1v) is 42.7. The molecule has 0 bridgehead atoms. The first-order valence-electron chi connectivity index (χ1n) is 38.9. The molecule has 0 fully saturated rings. The summed E-state index contributed by atoms with van der Waals surface area (Å²) >= 11 is 59.8. The Bertz CT molecular complexity index is 6810. The summed E-state index contributed by atoms with van der Waals surface area (Å²) in [6, 6.07) is 80.1. The van der Waals surface area contributed by atoms with E-state index in [-0.39, 0.29) is 40.8 Å². The molecule has 31 heteroatoms. The van der Waals surface area contributed by atoms with Crippen molar-refractivity contribution < 1.29 is 24.1 Å². The standard InChI is InChI=1S/C23H20Cl3N3O.C23H18Cl3N3O.C15H14ClN3.C14H13ClN2O2.C14H15ClN2.C6H3ClFNO2/c2*1-14-4-2-3-5-16(14)12-28-21-11-17(24)7-9-20(21)29(23(28)27)13-22(30)15-6-8-18(25)19(26)10-15;1-10-4-2-3-5-11(10)9-19-14-8-12(16)6-7-13(14)18-15(19)17;1-10-4-2-3-5-11(10)9-16-13-8-12(15)6-7-14(13)17(18)19;1-10-4-2-3-5-11(10)9-17-14-8-12(15)6-7-13(14)16;7-4-1-2-6(9(10)11)5(8)3-4/h2-11,22,27,30H,12-13H2,1H3;2-11,27H,12-13H2,1H3;2-8H,9H2,1H3,(H2,17,18);2-8,16H,9H2,1H3;2-8,17H,9,16H2,1H3;1-3H. The van der Waals surface area contributed by atoms with E-state index < -0.39 is 27.5 Å². The zero-order valence-corrected chi connectivity index (χ0v) is 75.9. The van der Waals surface area contributed by atoms with Crippen molar-refractivity contribution in [1.29, 1.82) is 10.8 Å². The van der Waals surface area contributed by atoms with E-state index in [1.165, 1.54) is 40.5 Å². The number of fused-ring (bicyclic) bond motifs is 3. The number of aliphatic hydroxyl groups is 1. The summed E-state index contributed by atoms with van der Waals surface area (Å²) < 4.78 is 21.8. The lowest BCUT2D eigenvalue weighted by atomic mass is 10.1. The number of anilines is 4. The Morgan fingerprint density at radius 1 is 0.421 bits per heavy atom. The second-order valence-corrected chi connectivity index (χ2v) is 33.3. The number of Topliss-reactive ketones (excluding diaryl/α,β-unsaturated/α-hetero) is 1. The largest absolute Gasteiger partial charge is 0.397 e. The van der Waals surface area contributed by atoms with Gasteiger partial charge in [-0.05, 0) is 223 Å². The molecule has 0 radical (unpaired) electrons. The highest BCUT2D eigenvalue weighted by Gasteiger charge is 2.22. The summed E-state index contributed by atoms with van der Waals surface area (Å²) in [6.45, 7) is 13.5. The van der Waals surface area contributed by atoms with Gasteiger partial charge in [0.25, 0.3) is 5.69 Å². The Morgan fingerprint density at radius 2 is 0.810 bits per heavy atom. The number of ketones is 1. The van der Waals surface area contributed by atoms with Gasteiger partial charge in [-0.25, -0.2) is 4.98 Å². The number of hydrogen-bond acceptors (Lipinski definition) is 13. The number of nitro benzene ring substituents is 2. The van der Waals surface area contributed by atoms with E-state index in [1.54, 1.807) is 69.8 Å². The average Bonchev–Trinajstić information content (AvgIpc) is 1.62. The predicted octanol–water partition coefficient (Wildman–Crippen LogP) is 26.1. The molecule has 1 unspecified atom stereocenters. The van der Waals surface area contributed by atoms with E-state index in [0.717, 1.165) is 90.8 Å². The van der Waals surface area contributed by atoms with E-state index >= 15 is 0 Å². The number of carbonyl (C=O) groups is 1. The smallest absolute Gasteiger partial charge is 0.304 e. The minimum Gasteiger partial charge on any atom is -0.397 e. The van der Waals surface area contributed by atoms with Crippen LogP contribution < -0.4 is 33.3 Å². The number of nitrogen functional groups attached to an aromatic ring is 2. The van der Waals surface area contributed by atoms with Crippen molar-refractivity contribution in [2.45, 2.75) is 86.5 Å². The van der Waals surface area contributed by atoms with Crippen molar-refractivity contribution in [3.8, 4) is 0 Å². The molecule has 0 spiro atoms. The van der Waals surface area contributed by atoms with E-state index in [9.17, 15) is 34.5 Å². The molecule has 0 aliphatic rings. The van der Waals surface area contributed by atoms with Gasteiger partial charge in [-0.1, -0.05) is 243 Å². The number of aromatic nitrogens is 6. The van der Waals surface area contributed by atoms with Gasteiger partial charge >= 0.3 is 5.69 Å². The molecule has 1 atom stereocenters. The number of imidazole rings is 3.